The molecule has 0 saturated carbocycles. The standard InChI is InChI=1S/C31H35N5O4S2/c32-42(38,39)27-13-11-26(12-14-27)29-33-30(41-35-29)34-31(37)36(19-15-23-17-21-40-22-18-23)20-16-28(24-7-3-1-4-8-24)25-9-5-2-6-10-25/h1-14,23,28H,15-22H2,(H2,32,38,39)(H,33,34,35,37). The normalized spacial score (nSPS) is 14.1. The lowest BCUT2D eigenvalue weighted by molar-refractivity contribution is 0.0614. The zero-order valence-electron chi connectivity index (χ0n) is 23.3. The Balaban J connectivity index is 1.30. The minimum absolute atomic E-state index is 0.0134. The van der Waals surface area contributed by atoms with E-state index in [4.69, 9.17) is 9.88 Å². The van der Waals surface area contributed by atoms with Gasteiger partial charge in [0.1, 0.15) is 0 Å². The van der Waals surface area contributed by atoms with Crippen molar-refractivity contribution in [1.82, 2.24) is 14.3 Å². The third-order valence-electron chi connectivity index (χ3n) is 7.61. The fourth-order valence-corrected chi connectivity index (χ4v) is 6.32. The maximum absolute atomic E-state index is 13.6. The van der Waals surface area contributed by atoms with Crippen LogP contribution in [0.2, 0.25) is 0 Å². The molecule has 9 nitrogen and oxygen atoms in total. The summed E-state index contributed by atoms with van der Waals surface area (Å²) in [7, 11) is -3.79. The number of urea groups is 1. The number of primary sulfonamides is 1. The van der Waals surface area contributed by atoms with Crippen LogP contribution < -0.4 is 10.5 Å². The van der Waals surface area contributed by atoms with Gasteiger partial charge in [0.25, 0.3) is 0 Å². The summed E-state index contributed by atoms with van der Waals surface area (Å²) in [5, 5.41) is 8.53. The van der Waals surface area contributed by atoms with Gasteiger partial charge < -0.3 is 9.64 Å². The van der Waals surface area contributed by atoms with Gasteiger partial charge in [-0.2, -0.15) is 9.36 Å². The first-order valence-electron chi connectivity index (χ1n) is 14.1. The summed E-state index contributed by atoms with van der Waals surface area (Å²) in [6, 6.07) is 26.6. The molecule has 0 aliphatic carbocycles. The number of anilines is 1. The van der Waals surface area contributed by atoms with Crippen LogP contribution in [0.15, 0.2) is 89.8 Å². The largest absolute Gasteiger partial charge is 0.381 e. The van der Waals surface area contributed by atoms with Crippen LogP contribution >= 0.6 is 11.5 Å². The van der Waals surface area contributed by atoms with Gasteiger partial charge in [0.15, 0.2) is 5.82 Å². The summed E-state index contributed by atoms with van der Waals surface area (Å²) in [5.74, 6) is 1.08. The predicted molar refractivity (Wildman–Crippen MR) is 165 cm³/mol. The summed E-state index contributed by atoms with van der Waals surface area (Å²) in [5.41, 5.74) is 3.07. The highest BCUT2D eigenvalue weighted by molar-refractivity contribution is 7.89. The maximum atomic E-state index is 13.6. The fraction of sp³-hybridized carbons (Fsp3) is 0.323. The van der Waals surface area contributed by atoms with Crippen LogP contribution in [0, 0.1) is 5.92 Å². The van der Waals surface area contributed by atoms with Crippen LogP contribution in [0.1, 0.15) is 42.7 Å². The molecule has 3 aromatic carbocycles. The number of amides is 2. The molecule has 2 heterocycles. The second-order valence-corrected chi connectivity index (χ2v) is 12.7. The highest BCUT2D eigenvalue weighted by Crippen LogP contribution is 2.29. The molecule has 0 radical (unpaired) electrons. The molecule has 0 spiro atoms. The minimum atomic E-state index is -3.79. The van der Waals surface area contributed by atoms with Crippen molar-refractivity contribution in [3.05, 3.63) is 96.1 Å². The van der Waals surface area contributed by atoms with Gasteiger partial charge >= 0.3 is 6.03 Å². The minimum Gasteiger partial charge on any atom is -0.381 e. The molecule has 0 unspecified atom stereocenters. The molecular formula is C31H35N5O4S2. The number of hydrogen-bond donors (Lipinski definition) is 2. The number of ether oxygens (including phenoxy) is 1. The molecule has 42 heavy (non-hydrogen) atoms. The molecule has 220 valence electrons. The molecule has 0 bridgehead atoms. The number of nitrogens with two attached hydrogens (primary N) is 1. The van der Waals surface area contributed by atoms with E-state index < -0.39 is 10.0 Å². The summed E-state index contributed by atoms with van der Waals surface area (Å²) in [6.45, 7) is 2.75. The number of carbonyl (C=O) groups excluding carboxylic acids is 1. The zero-order chi connectivity index (χ0) is 29.4. The molecule has 11 heteroatoms. The highest BCUT2D eigenvalue weighted by atomic mass is 32.2. The summed E-state index contributed by atoms with van der Waals surface area (Å²) in [6.07, 6.45) is 3.70. The number of carbonyl (C=O) groups is 1. The monoisotopic (exact) mass is 605 g/mol. The molecule has 1 aliphatic rings. The zero-order valence-corrected chi connectivity index (χ0v) is 24.9. The Hall–Kier alpha value is -3.64. The van der Waals surface area contributed by atoms with Crippen LogP contribution in [-0.2, 0) is 14.8 Å². The third-order valence-corrected chi connectivity index (χ3v) is 9.17. The molecule has 1 aromatic heterocycles. The van der Waals surface area contributed by atoms with Gasteiger partial charge in [-0.15, -0.1) is 0 Å². The summed E-state index contributed by atoms with van der Waals surface area (Å²) in [4.78, 5) is 20.0. The summed E-state index contributed by atoms with van der Waals surface area (Å²) >= 11 is 1.08. The van der Waals surface area contributed by atoms with E-state index in [1.165, 1.54) is 23.3 Å². The first-order valence-corrected chi connectivity index (χ1v) is 16.4. The molecule has 0 atom stereocenters. The van der Waals surface area contributed by atoms with Crippen molar-refractivity contribution < 1.29 is 17.9 Å². The molecular weight excluding hydrogens is 571 g/mol. The Morgan fingerprint density at radius 3 is 2.17 bits per heavy atom. The van der Waals surface area contributed by atoms with Crippen LogP contribution in [0.5, 0.6) is 0 Å². The van der Waals surface area contributed by atoms with E-state index >= 15 is 0 Å². The highest BCUT2D eigenvalue weighted by Gasteiger charge is 2.22. The molecule has 1 fully saturated rings. The fourth-order valence-electron chi connectivity index (χ4n) is 5.23. The summed E-state index contributed by atoms with van der Waals surface area (Å²) < 4.78 is 33.0. The number of hydrogen-bond acceptors (Lipinski definition) is 7. The molecule has 4 aromatic rings. The van der Waals surface area contributed by atoms with Crippen molar-refractivity contribution in [3.63, 3.8) is 0 Å². The van der Waals surface area contributed by atoms with Gasteiger partial charge in [0, 0.05) is 49.3 Å². The Bertz CT molecular complexity index is 1500. The lowest BCUT2D eigenvalue weighted by atomic mass is 9.88. The average Bonchev–Trinajstić information content (AvgIpc) is 3.48. The van der Waals surface area contributed by atoms with Gasteiger partial charge in [0.2, 0.25) is 15.2 Å². The SMILES string of the molecule is NS(=O)(=O)c1ccc(-c2nsc(NC(=O)N(CCC3CCOCC3)CCC(c3ccccc3)c3ccccc3)n2)cc1. The number of rotatable bonds is 11. The van der Waals surface area contributed by atoms with E-state index in [0.717, 1.165) is 50.4 Å². The van der Waals surface area contributed by atoms with Crippen molar-refractivity contribution in [1.29, 1.82) is 0 Å². The smallest absolute Gasteiger partial charge is 0.323 e. The van der Waals surface area contributed by atoms with Crippen LogP contribution in [-0.4, -0.2) is 55.0 Å². The Morgan fingerprint density at radius 2 is 1.57 bits per heavy atom. The van der Waals surface area contributed by atoms with Crippen molar-refractivity contribution in [2.24, 2.45) is 11.1 Å². The molecule has 5 rings (SSSR count). The first kappa shape index (κ1) is 29.8. The van der Waals surface area contributed by atoms with Crippen LogP contribution in [0.4, 0.5) is 9.93 Å². The average molecular weight is 606 g/mol. The lowest BCUT2D eigenvalue weighted by Crippen LogP contribution is -2.38. The Kier molecular flexibility index (Phi) is 9.96. The van der Waals surface area contributed by atoms with Gasteiger partial charge in [-0.3, -0.25) is 5.32 Å². The Labute approximate surface area is 251 Å². The number of sulfonamides is 1. The first-order chi connectivity index (χ1) is 20.4. The van der Waals surface area contributed by atoms with Crippen molar-refractivity contribution in [2.75, 3.05) is 31.6 Å². The topological polar surface area (TPSA) is 128 Å². The van der Waals surface area contributed by atoms with Crippen molar-refractivity contribution in [3.8, 4) is 11.4 Å². The Morgan fingerprint density at radius 1 is 0.952 bits per heavy atom. The molecule has 1 saturated heterocycles. The van der Waals surface area contributed by atoms with Crippen LogP contribution in [0.3, 0.4) is 0 Å². The number of nitrogens with one attached hydrogen (secondary N) is 1. The molecule has 3 N–H and O–H groups in total. The number of nitrogens with zero attached hydrogens (tertiary/aromatic N) is 3. The third kappa shape index (κ3) is 8.01. The van der Waals surface area contributed by atoms with Crippen LogP contribution in [0.25, 0.3) is 11.4 Å². The van der Waals surface area contributed by atoms with Gasteiger partial charge in [0.05, 0.1) is 4.90 Å². The number of benzene rings is 3. The number of aromatic nitrogens is 2. The van der Waals surface area contributed by atoms with E-state index in [1.807, 2.05) is 17.0 Å². The van der Waals surface area contributed by atoms with E-state index in [0.29, 0.717) is 35.5 Å². The van der Waals surface area contributed by atoms with Gasteiger partial charge in [-0.25, -0.2) is 18.4 Å². The van der Waals surface area contributed by atoms with E-state index in [-0.39, 0.29) is 16.8 Å². The second-order valence-electron chi connectivity index (χ2n) is 10.4. The lowest BCUT2D eigenvalue weighted by Gasteiger charge is -2.28. The van der Waals surface area contributed by atoms with E-state index in [1.54, 1.807) is 12.1 Å². The molecule has 1 aliphatic heterocycles. The maximum Gasteiger partial charge on any atom is 0.323 e. The second kappa shape index (κ2) is 14.0. The quantitative estimate of drug-likeness (QED) is 0.225. The molecule has 2 amide bonds. The van der Waals surface area contributed by atoms with E-state index in [2.05, 4.69) is 63.2 Å². The van der Waals surface area contributed by atoms with Gasteiger partial charge in [-0.1, -0.05) is 60.7 Å². The van der Waals surface area contributed by atoms with Gasteiger partial charge in [-0.05, 0) is 67.0 Å². The van der Waals surface area contributed by atoms with Crippen molar-refractivity contribution in [2.45, 2.75) is 36.5 Å². The van der Waals surface area contributed by atoms with E-state index in [9.17, 15) is 13.2 Å². The van der Waals surface area contributed by atoms with Crippen molar-refractivity contribution >= 4 is 32.7 Å². The predicted octanol–water partition coefficient (Wildman–Crippen LogP) is 5.73.